The summed E-state index contributed by atoms with van der Waals surface area (Å²) >= 11 is 5.79. The molecule has 19 heavy (non-hydrogen) atoms. The minimum atomic E-state index is -0.397. The number of amides is 1. The normalized spacial score (nSPS) is 25.8. The van der Waals surface area contributed by atoms with Gasteiger partial charge >= 0.3 is 0 Å². The van der Waals surface area contributed by atoms with Crippen LogP contribution >= 0.6 is 11.6 Å². The molecule has 2 heterocycles. The fraction of sp³-hybridized carbons (Fsp3) is 0.500. The number of halogens is 1. The maximum atomic E-state index is 12.4. The van der Waals surface area contributed by atoms with Gasteiger partial charge in [0.2, 0.25) is 0 Å². The largest absolute Gasteiger partial charge is 0.480 e. The van der Waals surface area contributed by atoms with Gasteiger partial charge in [0.1, 0.15) is 5.75 Å². The molecule has 2 aliphatic heterocycles. The van der Waals surface area contributed by atoms with Gasteiger partial charge in [-0.05, 0) is 11.6 Å². The van der Waals surface area contributed by atoms with Crippen LogP contribution < -0.4 is 4.74 Å². The molecule has 0 N–H and O–H groups in total. The van der Waals surface area contributed by atoms with Crippen LogP contribution in [0.1, 0.15) is 5.56 Å². The molecule has 0 saturated carbocycles. The highest BCUT2D eigenvalue weighted by Gasteiger charge is 2.34. The van der Waals surface area contributed by atoms with Gasteiger partial charge in [-0.1, -0.05) is 18.2 Å². The number of ether oxygens (including phenoxy) is 2. The molecular formula is C14H16ClNO3. The Balaban J connectivity index is 1.66. The van der Waals surface area contributed by atoms with E-state index in [0.29, 0.717) is 32.0 Å². The lowest BCUT2D eigenvalue weighted by Gasteiger charge is -2.33. The van der Waals surface area contributed by atoms with Crippen molar-refractivity contribution in [1.82, 2.24) is 4.90 Å². The number of nitrogens with zero attached hydrogens (tertiary/aromatic N) is 1. The second-order valence-corrected chi connectivity index (χ2v) is 5.16. The molecule has 3 rings (SSSR count). The average molecular weight is 282 g/mol. The topological polar surface area (TPSA) is 38.8 Å². The number of benzene rings is 1. The highest BCUT2D eigenvalue weighted by Crippen LogP contribution is 2.29. The molecule has 1 aromatic rings. The van der Waals surface area contributed by atoms with E-state index in [0.717, 1.165) is 11.3 Å². The summed E-state index contributed by atoms with van der Waals surface area (Å²) in [5.74, 6) is 1.27. The maximum Gasteiger partial charge on any atom is 0.264 e. The molecule has 1 saturated heterocycles. The second-order valence-electron chi connectivity index (χ2n) is 4.85. The molecule has 1 aromatic carbocycles. The molecule has 5 heteroatoms. The Morgan fingerprint density at radius 3 is 3.05 bits per heavy atom. The molecule has 0 radical (unpaired) electrons. The van der Waals surface area contributed by atoms with Crippen molar-refractivity contribution in [1.29, 1.82) is 0 Å². The third-order valence-corrected chi connectivity index (χ3v) is 3.89. The number of hydrogen-bond donors (Lipinski definition) is 0. The summed E-state index contributed by atoms with van der Waals surface area (Å²) in [6, 6.07) is 7.80. The van der Waals surface area contributed by atoms with Crippen LogP contribution in [0.3, 0.4) is 0 Å². The van der Waals surface area contributed by atoms with E-state index in [9.17, 15) is 4.79 Å². The van der Waals surface area contributed by atoms with Crippen molar-refractivity contribution in [2.75, 3.05) is 25.6 Å². The van der Waals surface area contributed by atoms with Crippen molar-refractivity contribution >= 4 is 17.5 Å². The Bertz CT molecular complexity index is 455. The standard InChI is InChI=1S/C14H16ClNO3/c15-8-11-9-16(5-6-18-11)14(17)13-7-10-3-1-2-4-12(10)19-13/h1-4,11,13H,5-9H2. The number of carbonyl (C=O) groups excluding carboxylic acids is 1. The molecule has 0 aliphatic carbocycles. The van der Waals surface area contributed by atoms with E-state index in [1.807, 2.05) is 24.3 Å². The molecule has 0 aromatic heterocycles. The predicted molar refractivity (Wildman–Crippen MR) is 71.6 cm³/mol. The first-order valence-electron chi connectivity index (χ1n) is 6.49. The van der Waals surface area contributed by atoms with Gasteiger partial charge in [-0.2, -0.15) is 0 Å². The van der Waals surface area contributed by atoms with Crippen LogP contribution in [0.5, 0.6) is 5.75 Å². The third-order valence-electron chi connectivity index (χ3n) is 3.55. The third kappa shape index (κ3) is 2.55. The summed E-state index contributed by atoms with van der Waals surface area (Å²) in [6.45, 7) is 1.71. The molecule has 2 aliphatic rings. The zero-order valence-electron chi connectivity index (χ0n) is 10.5. The number of hydrogen-bond acceptors (Lipinski definition) is 3. The molecular weight excluding hydrogens is 266 g/mol. The monoisotopic (exact) mass is 281 g/mol. The lowest BCUT2D eigenvalue weighted by atomic mass is 10.1. The lowest BCUT2D eigenvalue weighted by molar-refractivity contribution is -0.144. The molecule has 4 nitrogen and oxygen atoms in total. The van der Waals surface area contributed by atoms with Gasteiger partial charge in [-0.3, -0.25) is 4.79 Å². The van der Waals surface area contributed by atoms with Crippen LogP contribution in [0.2, 0.25) is 0 Å². The van der Waals surface area contributed by atoms with Gasteiger partial charge in [0.15, 0.2) is 6.10 Å². The fourth-order valence-corrected chi connectivity index (χ4v) is 2.72. The molecule has 0 bridgehead atoms. The van der Waals surface area contributed by atoms with Crippen LogP contribution in [-0.2, 0) is 16.0 Å². The van der Waals surface area contributed by atoms with E-state index >= 15 is 0 Å². The summed E-state index contributed by atoms with van der Waals surface area (Å²) in [5.41, 5.74) is 1.10. The molecule has 1 amide bonds. The Kier molecular flexibility index (Phi) is 3.62. The molecule has 2 unspecified atom stereocenters. The van der Waals surface area contributed by atoms with Crippen LogP contribution in [0.25, 0.3) is 0 Å². The number of fused-ring (bicyclic) bond motifs is 1. The Morgan fingerprint density at radius 1 is 1.42 bits per heavy atom. The number of rotatable bonds is 2. The van der Waals surface area contributed by atoms with Gasteiger partial charge < -0.3 is 14.4 Å². The number of alkyl halides is 1. The highest BCUT2D eigenvalue weighted by molar-refractivity contribution is 6.18. The van der Waals surface area contributed by atoms with Crippen LogP contribution in [0.15, 0.2) is 24.3 Å². The minimum Gasteiger partial charge on any atom is -0.480 e. The van der Waals surface area contributed by atoms with Crippen molar-refractivity contribution in [3.63, 3.8) is 0 Å². The van der Waals surface area contributed by atoms with Gasteiger partial charge in [-0.15, -0.1) is 11.6 Å². The average Bonchev–Trinajstić information content (AvgIpc) is 2.90. The van der Waals surface area contributed by atoms with Crippen LogP contribution in [0.4, 0.5) is 0 Å². The zero-order chi connectivity index (χ0) is 13.2. The van der Waals surface area contributed by atoms with Crippen molar-refractivity contribution in [3.05, 3.63) is 29.8 Å². The number of morpholine rings is 1. The van der Waals surface area contributed by atoms with E-state index in [-0.39, 0.29) is 12.0 Å². The molecule has 2 atom stereocenters. The van der Waals surface area contributed by atoms with E-state index < -0.39 is 6.10 Å². The van der Waals surface area contributed by atoms with Crippen molar-refractivity contribution in [3.8, 4) is 5.75 Å². The van der Waals surface area contributed by atoms with E-state index in [1.165, 1.54) is 0 Å². The van der Waals surface area contributed by atoms with Crippen molar-refractivity contribution in [2.24, 2.45) is 0 Å². The summed E-state index contributed by atoms with van der Waals surface area (Å²) < 4.78 is 11.2. The fourth-order valence-electron chi connectivity index (χ4n) is 2.54. The summed E-state index contributed by atoms with van der Waals surface area (Å²) in [6.07, 6.45) is 0.187. The maximum absolute atomic E-state index is 12.4. The first kappa shape index (κ1) is 12.8. The van der Waals surface area contributed by atoms with Gasteiger partial charge in [-0.25, -0.2) is 0 Å². The molecule has 0 spiro atoms. The van der Waals surface area contributed by atoms with E-state index in [4.69, 9.17) is 21.1 Å². The van der Waals surface area contributed by atoms with Gasteiger partial charge in [0, 0.05) is 19.5 Å². The number of carbonyl (C=O) groups is 1. The molecule has 102 valence electrons. The first-order valence-corrected chi connectivity index (χ1v) is 7.02. The highest BCUT2D eigenvalue weighted by atomic mass is 35.5. The summed E-state index contributed by atoms with van der Waals surface area (Å²) in [4.78, 5) is 14.2. The first-order chi connectivity index (χ1) is 9.28. The Labute approximate surface area is 117 Å². The predicted octanol–water partition coefficient (Wildman–Crippen LogP) is 1.46. The van der Waals surface area contributed by atoms with E-state index in [2.05, 4.69) is 0 Å². The zero-order valence-corrected chi connectivity index (χ0v) is 11.3. The lowest BCUT2D eigenvalue weighted by Crippen LogP contribution is -2.50. The smallest absolute Gasteiger partial charge is 0.264 e. The quantitative estimate of drug-likeness (QED) is 0.771. The van der Waals surface area contributed by atoms with Crippen LogP contribution in [-0.4, -0.2) is 48.6 Å². The minimum absolute atomic E-state index is 0.0367. The Morgan fingerprint density at radius 2 is 2.26 bits per heavy atom. The van der Waals surface area contributed by atoms with Gasteiger partial charge in [0.05, 0.1) is 18.6 Å². The Hall–Kier alpha value is -1.26. The van der Waals surface area contributed by atoms with Crippen LogP contribution in [0, 0.1) is 0 Å². The SMILES string of the molecule is O=C(C1Cc2ccccc2O1)N1CCOC(CCl)C1. The van der Waals surface area contributed by atoms with E-state index in [1.54, 1.807) is 4.90 Å². The van der Waals surface area contributed by atoms with Crippen molar-refractivity contribution in [2.45, 2.75) is 18.6 Å². The number of para-hydroxylation sites is 1. The second kappa shape index (κ2) is 5.39. The van der Waals surface area contributed by atoms with Crippen molar-refractivity contribution < 1.29 is 14.3 Å². The summed E-state index contributed by atoms with van der Waals surface area (Å²) in [5, 5.41) is 0. The molecule has 1 fully saturated rings. The summed E-state index contributed by atoms with van der Waals surface area (Å²) in [7, 11) is 0. The van der Waals surface area contributed by atoms with Gasteiger partial charge in [0.25, 0.3) is 5.91 Å².